The number of cyclic esters (lactones) is 1. The van der Waals surface area contributed by atoms with Gasteiger partial charge >= 0.3 is 23.4 Å². The molecule has 0 aliphatic carbocycles. The van der Waals surface area contributed by atoms with Crippen molar-refractivity contribution in [2.75, 3.05) is 0 Å². The maximum atomic E-state index is 10.8. The van der Waals surface area contributed by atoms with Gasteiger partial charge in [0.15, 0.2) is 0 Å². The number of hydrogen-bond acceptors (Lipinski definition) is 8. The lowest BCUT2D eigenvalue weighted by atomic mass is 10.3. The molecular formula is C4H3NO7. The number of rotatable bonds is 0. The lowest BCUT2D eigenvalue weighted by Gasteiger charge is -2.10. The standard InChI is InChI=1S/C4H3NO7/c5-4(7)2-1(3(6)8-4)9-11-12-10-2/h7H,5H2. The quantitative estimate of drug-likeness (QED) is 0.306. The number of esters is 1. The second-order valence-corrected chi connectivity index (χ2v) is 2.05. The van der Waals surface area contributed by atoms with Gasteiger partial charge in [0.2, 0.25) is 0 Å². The highest BCUT2D eigenvalue weighted by Crippen LogP contribution is 2.29. The predicted molar refractivity (Wildman–Crippen MR) is 26.6 cm³/mol. The minimum Gasteiger partial charge on any atom is -0.405 e. The third-order valence-corrected chi connectivity index (χ3v) is 1.23. The number of aliphatic hydroxyl groups is 1. The van der Waals surface area contributed by atoms with Gasteiger partial charge < -0.3 is 9.84 Å². The molecule has 0 aromatic carbocycles. The third kappa shape index (κ3) is 0.756. The summed E-state index contributed by atoms with van der Waals surface area (Å²) in [5.74, 6) is -4.33. The Hall–Kier alpha value is -1.67. The van der Waals surface area contributed by atoms with Gasteiger partial charge in [-0.2, -0.15) is 0 Å². The Balaban J connectivity index is 2.66. The van der Waals surface area contributed by atoms with Crippen molar-refractivity contribution < 1.29 is 33.3 Å². The second kappa shape index (κ2) is 1.93. The number of hydrogen-bond donors (Lipinski definition) is 2. The first-order valence-corrected chi connectivity index (χ1v) is 2.78. The number of ether oxygens (including phenoxy) is 1. The van der Waals surface area contributed by atoms with Crippen LogP contribution in [0.3, 0.4) is 0 Å². The summed E-state index contributed by atoms with van der Waals surface area (Å²) in [6.45, 7) is 0. The van der Waals surface area contributed by atoms with Crippen molar-refractivity contribution in [2.24, 2.45) is 5.73 Å². The van der Waals surface area contributed by atoms with E-state index in [1.54, 1.807) is 0 Å². The van der Waals surface area contributed by atoms with Gasteiger partial charge in [-0.05, 0) is 9.47 Å². The fraction of sp³-hybridized carbons (Fsp3) is 0.250. The first kappa shape index (κ1) is 7.00. The Kier molecular flexibility index (Phi) is 1.12. The van der Waals surface area contributed by atoms with Crippen molar-refractivity contribution in [3.63, 3.8) is 0 Å². The van der Waals surface area contributed by atoms with Crippen molar-refractivity contribution in [1.29, 1.82) is 0 Å². The van der Waals surface area contributed by atoms with Crippen molar-refractivity contribution in [1.82, 2.24) is 0 Å². The van der Waals surface area contributed by atoms with Crippen molar-refractivity contribution in [3.8, 4) is 0 Å². The minimum atomic E-state index is -2.36. The monoisotopic (exact) mass is 177 g/mol. The van der Waals surface area contributed by atoms with Crippen molar-refractivity contribution >= 4 is 5.97 Å². The van der Waals surface area contributed by atoms with E-state index in [-0.39, 0.29) is 0 Å². The van der Waals surface area contributed by atoms with E-state index in [0.717, 1.165) is 0 Å². The molecule has 1 aromatic heterocycles. The van der Waals surface area contributed by atoms with Gasteiger partial charge in [0.05, 0.1) is 0 Å². The topological polar surface area (TPSA) is 125 Å². The van der Waals surface area contributed by atoms with E-state index < -0.39 is 23.4 Å². The largest absolute Gasteiger partial charge is 0.405 e. The molecular weight excluding hydrogens is 174 g/mol. The van der Waals surface area contributed by atoms with E-state index in [2.05, 4.69) is 23.4 Å². The lowest BCUT2D eigenvalue weighted by molar-refractivity contribution is -0.326. The van der Waals surface area contributed by atoms with Crippen molar-refractivity contribution in [3.05, 3.63) is 11.5 Å². The van der Waals surface area contributed by atoms with Gasteiger partial charge in [-0.25, -0.2) is 13.9 Å². The van der Waals surface area contributed by atoms with Crippen LogP contribution >= 0.6 is 0 Å². The van der Waals surface area contributed by atoms with Gasteiger partial charge in [-0.1, -0.05) is 0 Å². The molecule has 0 saturated carbocycles. The molecule has 8 heteroatoms. The fourth-order valence-corrected chi connectivity index (χ4v) is 0.755. The highest BCUT2D eigenvalue weighted by atomic mass is 17.4. The SMILES string of the molecule is NC1(O)OC(=O)c2ooooc21. The molecule has 2 rings (SSSR count). The number of carbonyl (C=O) groups excluding carboxylic acids is 1. The van der Waals surface area contributed by atoms with Crippen LogP contribution in [0.1, 0.15) is 16.3 Å². The third-order valence-electron chi connectivity index (χ3n) is 1.23. The van der Waals surface area contributed by atoms with Crippen LogP contribution in [0.25, 0.3) is 0 Å². The van der Waals surface area contributed by atoms with Crippen LogP contribution in [0, 0.1) is 0 Å². The van der Waals surface area contributed by atoms with E-state index in [1.807, 2.05) is 0 Å². The smallest absolute Gasteiger partial charge is 0.387 e. The Labute approximate surface area is 63.6 Å². The molecule has 0 fully saturated rings. The summed E-state index contributed by atoms with van der Waals surface area (Å²) in [5.41, 5.74) is 5.04. The Morgan fingerprint density at radius 2 is 2.00 bits per heavy atom. The minimum absolute atomic E-state index is 0.480. The highest BCUT2D eigenvalue weighted by Gasteiger charge is 2.49. The molecule has 8 nitrogen and oxygen atoms in total. The Morgan fingerprint density at radius 1 is 1.33 bits per heavy atom. The van der Waals surface area contributed by atoms with Crippen LogP contribution in [0.15, 0.2) is 18.6 Å². The number of nitrogens with two attached hydrogens (primary N) is 1. The second-order valence-electron chi connectivity index (χ2n) is 2.05. The zero-order valence-corrected chi connectivity index (χ0v) is 5.47. The molecule has 0 bridgehead atoms. The number of fused-ring (bicyclic) bond motifs is 1. The molecule has 0 spiro atoms. The maximum Gasteiger partial charge on any atom is 0.387 e. The molecule has 3 N–H and O–H groups in total. The summed E-state index contributed by atoms with van der Waals surface area (Å²) < 4.78 is 20.2. The molecule has 1 aromatic rings. The average Bonchev–Trinajstić information content (AvgIpc) is 2.25. The summed E-state index contributed by atoms with van der Waals surface area (Å²) >= 11 is 0. The molecule has 2 heterocycles. The molecule has 66 valence electrons. The first-order chi connectivity index (χ1) is 5.61. The summed E-state index contributed by atoms with van der Waals surface area (Å²) in [5, 5.41) is 9.10. The van der Waals surface area contributed by atoms with Gasteiger partial charge in [-0.3, -0.25) is 5.73 Å². The molecule has 1 aliphatic heterocycles. The van der Waals surface area contributed by atoms with Crippen LogP contribution in [-0.4, -0.2) is 11.1 Å². The Morgan fingerprint density at radius 3 is 2.67 bits per heavy atom. The summed E-state index contributed by atoms with van der Waals surface area (Å²) in [4.78, 5) is 10.8. The summed E-state index contributed by atoms with van der Waals surface area (Å²) in [6.07, 6.45) is 0. The van der Waals surface area contributed by atoms with Crippen molar-refractivity contribution in [2.45, 2.75) is 5.91 Å². The maximum absolute atomic E-state index is 10.8. The fourth-order valence-electron chi connectivity index (χ4n) is 0.755. The highest BCUT2D eigenvalue weighted by molar-refractivity contribution is 5.89. The molecule has 0 amide bonds. The summed E-state index contributed by atoms with van der Waals surface area (Å²) in [6, 6.07) is 0. The zero-order valence-electron chi connectivity index (χ0n) is 5.47. The van der Waals surface area contributed by atoms with Gasteiger partial charge in [0, 0.05) is 0 Å². The molecule has 0 radical (unpaired) electrons. The average molecular weight is 177 g/mol. The molecule has 1 unspecified atom stereocenters. The van der Waals surface area contributed by atoms with E-state index in [0.29, 0.717) is 0 Å². The zero-order chi connectivity index (χ0) is 8.77. The van der Waals surface area contributed by atoms with Gasteiger partial charge in [0.25, 0.3) is 0 Å². The predicted octanol–water partition coefficient (Wildman–Crippen LogP) is -0.585. The number of carbonyl (C=O) groups is 1. The molecule has 0 saturated heterocycles. The van der Waals surface area contributed by atoms with Crippen LogP contribution in [0.2, 0.25) is 0 Å². The van der Waals surface area contributed by atoms with Gasteiger partial charge in [-0.15, -0.1) is 0 Å². The molecule has 1 atom stereocenters. The first-order valence-electron chi connectivity index (χ1n) is 2.78. The summed E-state index contributed by atoms with van der Waals surface area (Å²) in [7, 11) is 0. The van der Waals surface area contributed by atoms with Crippen LogP contribution < -0.4 is 5.73 Å². The van der Waals surface area contributed by atoms with Crippen LogP contribution in [0.4, 0.5) is 0 Å². The van der Waals surface area contributed by atoms with Gasteiger partial charge in [0.1, 0.15) is 0 Å². The van der Waals surface area contributed by atoms with Crippen LogP contribution in [0.5, 0.6) is 0 Å². The van der Waals surface area contributed by atoms with E-state index >= 15 is 0 Å². The van der Waals surface area contributed by atoms with E-state index in [1.165, 1.54) is 0 Å². The normalized spacial score (nSPS) is 26.7. The van der Waals surface area contributed by atoms with Crippen LogP contribution in [-0.2, 0) is 10.6 Å². The Bertz CT molecular complexity index is 347. The lowest BCUT2D eigenvalue weighted by Crippen LogP contribution is -2.36. The molecule has 1 aliphatic rings. The van der Waals surface area contributed by atoms with E-state index in [9.17, 15) is 4.79 Å². The molecule has 12 heavy (non-hydrogen) atoms. The van der Waals surface area contributed by atoms with E-state index in [4.69, 9.17) is 10.8 Å².